The zero-order valence-corrected chi connectivity index (χ0v) is 13.4. The number of para-hydroxylation sites is 1. The van der Waals surface area contributed by atoms with Crippen molar-refractivity contribution in [3.8, 4) is 0 Å². The van der Waals surface area contributed by atoms with Crippen LogP contribution in [0.25, 0.3) is 0 Å². The van der Waals surface area contributed by atoms with Crippen LogP contribution in [0.5, 0.6) is 0 Å². The molecule has 0 unspecified atom stereocenters. The number of carbonyl (C=O) groups is 1. The molecule has 0 fully saturated rings. The summed E-state index contributed by atoms with van der Waals surface area (Å²) in [5.74, 6) is -1.87. The largest absolute Gasteiger partial charge is 0.329 e. The molecule has 0 radical (unpaired) electrons. The second-order valence-electron chi connectivity index (χ2n) is 4.14. The molecule has 2 aromatic carbocycles. The molecule has 0 aliphatic heterocycles. The van der Waals surface area contributed by atoms with Crippen LogP contribution < -0.4 is 16.2 Å². The Kier molecular flexibility index (Phi) is 5.40. The van der Waals surface area contributed by atoms with Crippen molar-refractivity contribution >= 4 is 44.9 Å². The summed E-state index contributed by atoms with van der Waals surface area (Å²) >= 11 is 8.01. The van der Waals surface area contributed by atoms with Crippen LogP contribution in [-0.4, -0.2) is 11.0 Å². The van der Waals surface area contributed by atoms with Gasteiger partial charge in [-0.3, -0.25) is 15.6 Å². The van der Waals surface area contributed by atoms with Gasteiger partial charge in [0.05, 0.1) is 11.3 Å². The van der Waals surface area contributed by atoms with Crippen molar-refractivity contribution in [3.05, 3.63) is 64.1 Å². The van der Waals surface area contributed by atoms with Crippen LogP contribution in [0.1, 0.15) is 10.4 Å². The first-order valence-corrected chi connectivity index (χ1v) is 7.24. The summed E-state index contributed by atoms with van der Waals surface area (Å²) < 4.78 is 27.5. The van der Waals surface area contributed by atoms with Crippen molar-refractivity contribution in [1.29, 1.82) is 0 Å². The second-order valence-corrected chi connectivity index (χ2v) is 5.46. The number of hydrazine groups is 1. The Morgan fingerprint density at radius 1 is 1.05 bits per heavy atom. The predicted molar refractivity (Wildman–Crippen MR) is 87.3 cm³/mol. The minimum absolute atomic E-state index is 0.0315. The molecule has 0 atom stereocenters. The third-order valence-corrected chi connectivity index (χ3v) is 3.28. The quantitative estimate of drug-likeness (QED) is 0.548. The first-order chi connectivity index (χ1) is 10.5. The number of anilines is 1. The maximum absolute atomic E-state index is 13.6. The number of hydrogen-bond acceptors (Lipinski definition) is 2. The van der Waals surface area contributed by atoms with E-state index in [1.54, 1.807) is 6.07 Å². The molecule has 0 aliphatic carbocycles. The zero-order chi connectivity index (χ0) is 16.1. The van der Waals surface area contributed by atoms with Gasteiger partial charge in [0.15, 0.2) is 5.11 Å². The van der Waals surface area contributed by atoms with Gasteiger partial charge in [0.1, 0.15) is 11.6 Å². The lowest BCUT2D eigenvalue weighted by Crippen LogP contribution is -2.44. The number of benzene rings is 2. The lowest BCUT2D eigenvalue weighted by atomic mass is 10.2. The number of nitrogens with one attached hydrogen (secondary N) is 3. The van der Waals surface area contributed by atoms with E-state index in [1.165, 1.54) is 36.4 Å². The molecule has 2 aromatic rings. The Morgan fingerprint density at radius 3 is 2.45 bits per heavy atom. The number of halogens is 3. The predicted octanol–water partition coefficient (Wildman–Crippen LogP) is 3.36. The summed E-state index contributed by atoms with van der Waals surface area (Å²) in [6, 6.07) is 9.95. The Balaban J connectivity index is 1.93. The van der Waals surface area contributed by atoms with E-state index in [4.69, 9.17) is 12.2 Å². The van der Waals surface area contributed by atoms with E-state index in [0.717, 1.165) is 0 Å². The van der Waals surface area contributed by atoms with Crippen LogP contribution in [0, 0.1) is 11.6 Å². The van der Waals surface area contributed by atoms with Gasteiger partial charge < -0.3 is 5.32 Å². The van der Waals surface area contributed by atoms with Gasteiger partial charge in [-0.05, 0) is 42.5 Å². The maximum Gasteiger partial charge on any atom is 0.272 e. The van der Waals surface area contributed by atoms with Gasteiger partial charge in [-0.2, -0.15) is 0 Å². The average Bonchev–Trinajstić information content (AvgIpc) is 2.47. The van der Waals surface area contributed by atoms with Crippen LogP contribution in [-0.2, 0) is 0 Å². The van der Waals surface area contributed by atoms with Gasteiger partial charge in [-0.1, -0.05) is 28.1 Å². The molecule has 0 aliphatic rings. The van der Waals surface area contributed by atoms with Crippen LogP contribution in [0.4, 0.5) is 14.5 Å². The van der Waals surface area contributed by atoms with Crippen molar-refractivity contribution in [2.45, 2.75) is 0 Å². The molecule has 8 heteroatoms. The van der Waals surface area contributed by atoms with Crippen LogP contribution in [0.3, 0.4) is 0 Å². The monoisotopic (exact) mass is 385 g/mol. The fourth-order valence-electron chi connectivity index (χ4n) is 1.57. The maximum atomic E-state index is 13.6. The van der Waals surface area contributed by atoms with Crippen LogP contribution in [0.15, 0.2) is 46.9 Å². The lowest BCUT2D eigenvalue weighted by Gasteiger charge is -2.12. The molecule has 0 saturated heterocycles. The number of hydrogen-bond donors (Lipinski definition) is 3. The molecule has 0 saturated carbocycles. The summed E-state index contributed by atoms with van der Waals surface area (Å²) in [6.07, 6.45) is 0. The molecule has 0 spiro atoms. The van der Waals surface area contributed by atoms with E-state index >= 15 is 0 Å². The highest BCUT2D eigenvalue weighted by Gasteiger charge is 2.12. The molecule has 22 heavy (non-hydrogen) atoms. The number of amides is 1. The Bertz CT molecular complexity index is 727. The van der Waals surface area contributed by atoms with Crippen LogP contribution in [0.2, 0.25) is 0 Å². The van der Waals surface area contributed by atoms with E-state index in [2.05, 4.69) is 32.1 Å². The third-order valence-electron chi connectivity index (χ3n) is 2.59. The fourth-order valence-corrected chi connectivity index (χ4v) is 2.06. The molecule has 114 valence electrons. The van der Waals surface area contributed by atoms with Crippen molar-refractivity contribution < 1.29 is 13.6 Å². The van der Waals surface area contributed by atoms with E-state index < -0.39 is 17.5 Å². The molecule has 0 heterocycles. The highest BCUT2D eigenvalue weighted by molar-refractivity contribution is 9.10. The summed E-state index contributed by atoms with van der Waals surface area (Å²) in [5.41, 5.74) is 4.61. The van der Waals surface area contributed by atoms with Crippen molar-refractivity contribution in [1.82, 2.24) is 10.9 Å². The molecular formula is C14H10BrF2N3OS. The Morgan fingerprint density at radius 2 is 1.77 bits per heavy atom. The van der Waals surface area contributed by atoms with Crippen LogP contribution >= 0.6 is 28.1 Å². The van der Waals surface area contributed by atoms with Crippen molar-refractivity contribution in [2.75, 3.05) is 5.32 Å². The average molecular weight is 386 g/mol. The van der Waals surface area contributed by atoms with Gasteiger partial charge in [0.25, 0.3) is 5.91 Å². The Labute approximate surface area is 139 Å². The first-order valence-electron chi connectivity index (χ1n) is 6.04. The third kappa shape index (κ3) is 4.22. The fraction of sp³-hybridized carbons (Fsp3) is 0. The number of carbonyl (C=O) groups excluding carboxylic acids is 1. The van der Waals surface area contributed by atoms with Gasteiger partial charge in [0, 0.05) is 4.47 Å². The molecule has 0 aromatic heterocycles. The second kappa shape index (κ2) is 7.28. The number of rotatable bonds is 2. The zero-order valence-electron chi connectivity index (χ0n) is 11.0. The molecule has 1 amide bonds. The molecule has 4 nitrogen and oxygen atoms in total. The van der Waals surface area contributed by atoms with E-state index in [9.17, 15) is 13.6 Å². The Hall–Kier alpha value is -2.06. The van der Waals surface area contributed by atoms with E-state index in [-0.39, 0.29) is 16.4 Å². The molecule has 3 N–H and O–H groups in total. The van der Waals surface area contributed by atoms with Gasteiger partial charge in [-0.15, -0.1) is 0 Å². The minimum Gasteiger partial charge on any atom is -0.329 e. The smallest absolute Gasteiger partial charge is 0.272 e. The van der Waals surface area contributed by atoms with Gasteiger partial charge in [-0.25, -0.2) is 8.78 Å². The molecule has 2 rings (SSSR count). The summed E-state index contributed by atoms with van der Waals surface area (Å²) in [7, 11) is 0. The lowest BCUT2D eigenvalue weighted by molar-refractivity contribution is 0.0940. The first kappa shape index (κ1) is 16.3. The topological polar surface area (TPSA) is 53.2 Å². The summed E-state index contributed by atoms with van der Waals surface area (Å²) in [5, 5.41) is 2.54. The summed E-state index contributed by atoms with van der Waals surface area (Å²) in [4.78, 5) is 11.8. The van der Waals surface area contributed by atoms with Gasteiger partial charge in [0.2, 0.25) is 0 Å². The van der Waals surface area contributed by atoms with Gasteiger partial charge >= 0.3 is 0 Å². The van der Waals surface area contributed by atoms with Crippen molar-refractivity contribution in [2.24, 2.45) is 0 Å². The standard InChI is InChI=1S/C14H10BrF2N3OS/c15-8-5-6-9(11(17)7-8)13(21)19-20-14(22)18-12-4-2-1-3-10(12)16/h1-7H,(H,19,21)(H2,18,20,22). The normalized spacial score (nSPS) is 9.95. The minimum atomic E-state index is -0.706. The number of thiocarbonyl (C=S) groups is 1. The molecular weight excluding hydrogens is 376 g/mol. The van der Waals surface area contributed by atoms with Crippen molar-refractivity contribution in [3.63, 3.8) is 0 Å². The van der Waals surface area contributed by atoms with E-state index in [1.807, 2.05) is 0 Å². The summed E-state index contributed by atoms with van der Waals surface area (Å²) in [6.45, 7) is 0. The SMILES string of the molecule is O=C(NNC(=S)Nc1ccccc1F)c1ccc(Br)cc1F. The molecule has 0 bridgehead atoms. The highest BCUT2D eigenvalue weighted by Crippen LogP contribution is 2.15. The van der Waals surface area contributed by atoms with E-state index in [0.29, 0.717) is 4.47 Å². The highest BCUT2D eigenvalue weighted by atomic mass is 79.9.